The summed E-state index contributed by atoms with van der Waals surface area (Å²) >= 11 is 4.85. The van der Waals surface area contributed by atoms with Gasteiger partial charge in [-0.3, -0.25) is 0 Å². The molecule has 0 fully saturated rings. The molecule has 0 aliphatic heterocycles. The van der Waals surface area contributed by atoms with E-state index in [1.165, 1.54) is 30.3 Å². The summed E-state index contributed by atoms with van der Waals surface area (Å²) < 4.78 is 39.8. The standard InChI is InChI=1S/C14H13FN2O2S2/c15-11-7-5-10(6-8-11)9-17-21(18,19)13-4-2-1-3-12(13)14(16)20/h1-8,17H,9H2,(H2,16,20). The van der Waals surface area contributed by atoms with E-state index >= 15 is 0 Å². The molecule has 7 heteroatoms. The highest BCUT2D eigenvalue weighted by Crippen LogP contribution is 2.15. The summed E-state index contributed by atoms with van der Waals surface area (Å²) in [6, 6.07) is 11.8. The van der Waals surface area contributed by atoms with Crippen LogP contribution in [-0.2, 0) is 16.6 Å². The van der Waals surface area contributed by atoms with Crippen molar-refractivity contribution in [3.05, 3.63) is 65.5 Å². The van der Waals surface area contributed by atoms with E-state index in [4.69, 9.17) is 18.0 Å². The van der Waals surface area contributed by atoms with E-state index < -0.39 is 10.0 Å². The molecule has 4 nitrogen and oxygen atoms in total. The van der Waals surface area contributed by atoms with E-state index in [0.29, 0.717) is 11.1 Å². The van der Waals surface area contributed by atoms with Crippen molar-refractivity contribution in [1.82, 2.24) is 4.72 Å². The highest BCUT2D eigenvalue weighted by molar-refractivity contribution is 7.89. The normalized spacial score (nSPS) is 11.3. The zero-order valence-electron chi connectivity index (χ0n) is 10.9. The Morgan fingerprint density at radius 1 is 1.14 bits per heavy atom. The second kappa shape index (κ2) is 6.30. The molecule has 0 bridgehead atoms. The molecule has 2 rings (SSSR count). The molecule has 0 spiro atoms. The zero-order chi connectivity index (χ0) is 15.5. The van der Waals surface area contributed by atoms with Crippen molar-refractivity contribution >= 4 is 27.2 Å². The molecule has 0 aromatic heterocycles. The molecular formula is C14H13FN2O2S2. The third kappa shape index (κ3) is 3.84. The lowest BCUT2D eigenvalue weighted by molar-refractivity contribution is 0.581. The van der Waals surface area contributed by atoms with Crippen molar-refractivity contribution in [2.24, 2.45) is 5.73 Å². The number of thiocarbonyl (C=S) groups is 1. The minimum Gasteiger partial charge on any atom is -0.389 e. The van der Waals surface area contributed by atoms with Crippen molar-refractivity contribution in [3.63, 3.8) is 0 Å². The fraction of sp³-hybridized carbons (Fsp3) is 0.0714. The quantitative estimate of drug-likeness (QED) is 0.825. The number of hydrogen-bond acceptors (Lipinski definition) is 3. The van der Waals surface area contributed by atoms with Crippen LogP contribution in [-0.4, -0.2) is 13.4 Å². The molecule has 0 radical (unpaired) electrons. The molecular weight excluding hydrogens is 311 g/mol. The second-order valence-corrected chi connectivity index (χ2v) is 6.49. The van der Waals surface area contributed by atoms with Crippen LogP contribution >= 0.6 is 12.2 Å². The monoisotopic (exact) mass is 324 g/mol. The summed E-state index contributed by atoms with van der Waals surface area (Å²) in [4.78, 5) is 0.0392. The Balaban J connectivity index is 2.23. The number of sulfonamides is 1. The first kappa shape index (κ1) is 15.6. The van der Waals surface area contributed by atoms with Crippen molar-refractivity contribution in [3.8, 4) is 0 Å². The van der Waals surface area contributed by atoms with Crippen LogP contribution in [0.25, 0.3) is 0 Å². The fourth-order valence-corrected chi connectivity index (χ4v) is 3.24. The summed E-state index contributed by atoms with van der Waals surface area (Å²) in [7, 11) is -3.76. The maximum atomic E-state index is 12.8. The van der Waals surface area contributed by atoms with E-state index in [9.17, 15) is 12.8 Å². The number of benzene rings is 2. The first-order chi connectivity index (χ1) is 9.90. The third-order valence-corrected chi connectivity index (χ3v) is 4.50. The Bertz CT molecular complexity index is 759. The Hall–Kier alpha value is -1.83. The van der Waals surface area contributed by atoms with Gasteiger partial charge in [0.25, 0.3) is 0 Å². The first-order valence-corrected chi connectivity index (χ1v) is 7.92. The van der Waals surface area contributed by atoms with Crippen LogP contribution in [0.2, 0.25) is 0 Å². The molecule has 2 aromatic carbocycles. The lowest BCUT2D eigenvalue weighted by Gasteiger charge is -2.10. The van der Waals surface area contributed by atoms with Crippen molar-refractivity contribution in [2.75, 3.05) is 0 Å². The summed E-state index contributed by atoms with van der Waals surface area (Å²) in [5.74, 6) is -0.375. The Labute approximate surface area is 127 Å². The molecule has 0 saturated carbocycles. The molecule has 0 atom stereocenters. The largest absolute Gasteiger partial charge is 0.389 e. The Morgan fingerprint density at radius 2 is 1.76 bits per heavy atom. The van der Waals surface area contributed by atoms with Crippen LogP contribution in [0.3, 0.4) is 0 Å². The average Bonchev–Trinajstić information content (AvgIpc) is 2.47. The molecule has 0 aliphatic rings. The summed E-state index contributed by atoms with van der Waals surface area (Å²) in [5.41, 5.74) is 6.47. The summed E-state index contributed by atoms with van der Waals surface area (Å²) in [6.07, 6.45) is 0. The third-order valence-electron chi connectivity index (χ3n) is 2.82. The number of halogens is 1. The smallest absolute Gasteiger partial charge is 0.241 e. The average molecular weight is 324 g/mol. The van der Waals surface area contributed by atoms with Crippen LogP contribution in [0.1, 0.15) is 11.1 Å². The summed E-state index contributed by atoms with van der Waals surface area (Å²) in [5, 5.41) is 0. The van der Waals surface area contributed by atoms with Gasteiger partial charge in [0.15, 0.2) is 0 Å². The van der Waals surface area contributed by atoms with Gasteiger partial charge in [-0.25, -0.2) is 17.5 Å². The first-order valence-electron chi connectivity index (χ1n) is 6.03. The molecule has 0 aliphatic carbocycles. The SMILES string of the molecule is NC(=S)c1ccccc1S(=O)(=O)NCc1ccc(F)cc1. The van der Waals surface area contributed by atoms with Gasteiger partial charge >= 0.3 is 0 Å². The lowest BCUT2D eigenvalue weighted by Crippen LogP contribution is -2.26. The molecule has 0 amide bonds. The zero-order valence-corrected chi connectivity index (χ0v) is 12.5. The highest BCUT2D eigenvalue weighted by Gasteiger charge is 2.18. The maximum Gasteiger partial charge on any atom is 0.241 e. The topological polar surface area (TPSA) is 72.2 Å². The highest BCUT2D eigenvalue weighted by atomic mass is 32.2. The minimum atomic E-state index is -3.76. The van der Waals surface area contributed by atoms with Gasteiger partial charge in [-0.2, -0.15) is 0 Å². The minimum absolute atomic E-state index is 0.0118. The van der Waals surface area contributed by atoms with Gasteiger partial charge in [0, 0.05) is 12.1 Å². The maximum absolute atomic E-state index is 12.8. The van der Waals surface area contributed by atoms with Crippen molar-refractivity contribution < 1.29 is 12.8 Å². The van der Waals surface area contributed by atoms with Crippen LogP contribution in [0.4, 0.5) is 4.39 Å². The number of nitrogens with one attached hydrogen (secondary N) is 1. The van der Waals surface area contributed by atoms with Gasteiger partial charge in [-0.1, -0.05) is 42.5 Å². The van der Waals surface area contributed by atoms with Crippen molar-refractivity contribution in [1.29, 1.82) is 0 Å². The number of hydrogen-bond donors (Lipinski definition) is 2. The fourth-order valence-electron chi connectivity index (χ4n) is 1.76. The van der Waals surface area contributed by atoms with Gasteiger partial charge in [-0.15, -0.1) is 0 Å². The van der Waals surface area contributed by atoms with Gasteiger partial charge < -0.3 is 5.73 Å². The number of nitrogens with two attached hydrogens (primary N) is 1. The van der Waals surface area contributed by atoms with E-state index in [0.717, 1.165) is 0 Å². The number of rotatable bonds is 5. The van der Waals surface area contributed by atoms with Crippen LogP contribution < -0.4 is 10.5 Å². The molecule has 2 aromatic rings. The predicted molar refractivity (Wildman–Crippen MR) is 82.8 cm³/mol. The van der Waals surface area contributed by atoms with E-state index in [1.54, 1.807) is 18.2 Å². The van der Waals surface area contributed by atoms with E-state index in [-0.39, 0.29) is 22.2 Å². The van der Waals surface area contributed by atoms with E-state index in [2.05, 4.69) is 4.72 Å². The van der Waals surface area contributed by atoms with Gasteiger partial charge in [0.2, 0.25) is 10.0 Å². The lowest BCUT2D eigenvalue weighted by atomic mass is 10.2. The van der Waals surface area contributed by atoms with Crippen molar-refractivity contribution in [2.45, 2.75) is 11.4 Å². The van der Waals surface area contributed by atoms with Gasteiger partial charge in [-0.05, 0) is 23.8 Å². The van der Waals surface area contributed by atoms with Gasteiger partial charge in [0.05, 0.1) is 4.90 Å². The second-order valence-electron chi connectivity index (χ2n) is 4.31. The van der Waals surface area contributed by atoms with Gasteiger partial charge in [0.1, 0.15) is 10.8 Å². The molecule has 0 heterocycles. The predicted octanol–water partition coefficient (Wildman–Crippen LogP) is 1.94. The van der Waals surface area contributed by atoms with Crippen LogP contribution in [0, 0.1) is 5.82 Å². The molecule has 110 valence electrons. The molecule has 3 N–H and O–H groups in total. The van der Waals surface area contributed by atoms with E-state index in [1.807, 2.05) is 0 Å². The molecule has 21 heavy (non-hydrogen) atoms. The Morgan fingerprint density at radius 3 is 2.38 bits per heavy atom. The van der Waals surface area contributed by atoms with Crippen LogP contribution in [0.15, 0.2) is 53.4 Å². The Kier molecular flexibility index (Phi) is 4.66. The summed E-state index contributed by atoms with van der Waals surface area (Å²) in [6.45, 7) is 0.0499. The molecule has 0 unspecified atom stereocenters. The van der Waals surface area contributed by atoms with Crippen LogP contribution in [0.5, 0.6) is 0 Å². The molecule has 0 saturated heterocycles.